The standard InChI is InChI=1S/C18H24O5S/c1-18(2,21-3)23-17-11-15-13(9-10-16(15)22-17)12-24(19,20)14-7-5-4-6-8-14/h4-10,13,15-17H,11-12H2,1-3H3/t13-,15+,16-,17?/m0/s1. The molecule has 4 atom stereocenters. The first-order valence-corrected chi connectivity index (χ1v) is 9.80. The van der Waals surface area contributed by atoms with Crippen LogP contribution in [0.25, 0.3) is 0 Å². The second kappa shape index (κ2) is 6.59. The lowest BCUT2D eigenvalue weighted by Crippen LogP contribution is -2.32. The summed E-state index contributed by atoms with van der Waals surface area (Å²) in [6.07, 6.45) is 4.13. The van der Waals surface area contributed by atoms with Gasteiger partial charge in [-0.3, -0.25) is 0 Å². The van der Waals surface area contributed by atoms with Crippen molar-refractivity contribution in [2.24, 2.45) is 11.8 Å². The van der Waals surface area contributed by atoms with E-state index in [9.17, 15) is 8.42 Å². The van der Waals surface area contributed by atoms with E-state index in [1.165, 1.54) is 0 Å². The number of allylic oxidation sites excluding steroid dienone is 1. The minimum absolute atomic E-state index is 0.0561. The molecule has 1 saturated heterocycles. The molecule has 1 aromatic carbocycles. The van der Waals surface area contributed by atoms with Crippen LogP contribution in [0.2, 0.25) is 0 Å². The molecule has 3 rings (SSSR count). The van der Waals surface area contributed by atoms with Crippen molar-refractivity contribution in [1.82, 2.24) is 0 Å². The van der Waals surface area contributed by atoms with Crippen LogP contribution in [0.1, 0.15) is 20.3 Å². The van der Waals surface area contributed by atoms with Crippen molar-refractivity contribution in [3.05, 3.63) is 42.5 Å². The molecule has 1 aromatic rings. The summed E-state index contributed by atoms with van der Waals surface area (Å²) in [4.78, 5) is 0.370. The van der Waals surface area contributed by atoms with E-state index in [-0.39, 0.29) is 30.0 Å². The summed E-state index contributed by atoms with van der Waals surface area (Å²) in [6, 6.07) is 8.59. The van der Waals surface area contributed by atoms with Gasteiger partial charge in [-0.05, 0) is 31.9 Å². The van der Waals surface area contributed by atoms with Crippen molar-refractivity contribution in [3.8, 4) is 0 Å². The van der Waals surface area contributed by atoms with Crippen LogP contribution in [0, 0.1) is 11.8 Å². The van der Waals surface area contributed by atoms with Crippen LogP contribution < -0.4 is 0 Å². The van der Waals surface area contributed by atoms with Crippen LogP contribution in [0.15, 0.2) is 47.4 Å². The molecule has 0 amide bonds. The zero-order valence-electron chi connectivity index (χ0n) is 14.2. The highest BCUT2D eigenvalue weighted by Crippen LogP contribution is 2.41. The number of fused-ring (bicyclic) bond motifs is 1. The van der Waals surface area contributed by atoms with E-state index < -0.39 is 15.6 Å². The van der Waals surface area contributed by atoms with E-state index >= 15 is 0 Å². The molecular weight excluding hydrogens is 328 g/mol. The van der Waals surface area contributed by atoms with Crippen molar-refractivity contribution >= 4 is 9.84 Å². The first-order valence-electron chi connectivity index (χ1n) is 8.15. The van der Waals surface area contributed by atoms with Gasteiger partial charge < -0.3 is 14.2 Å². The highest BCUT2D eigenvalue weighted by atomic mass is 32.2. The normalized spacial score (nSPS) is 29.8. The van der Waals surface area contributed by atoms with E-state index in [2.05, 4.69) is 0 Å². The molecular formula is C18H24O5S. The fourth-order valence-corrected chi connectivity index (χ4v) is 4.92. The third-order valence-corrected chi connectivity index (χ3v) is 6.53. The number of sulfone groups is 1. The second-order valence-electron chi connectivity index (χ2n) is 6.79. The van der Waals surface area contributed by atoms with Gasteiger partial charge in [-0.25, -0.2) is 8.42 Å². The second-order valence-corrected chi connectivity index (χ2v) is 8.83. The smallest absolute Gasteiger partial charge is 0.178 e. The Kier molecular flexibility index (Phi) is 4.84. The van der Waals surface area contributed by atoms with Crippen molar-refractivity contribution in [1.29, 1.82) is 0 Å². The lowest BCUT2D eigenvalue weighted by Gasteiger charge is -2.27. The molecule has 1 fully saturated rings. The van der Waals surface area contributed by atoms with Crippen molar-refractivity contribution in [2.75, 3.05) is 12.9 Å². The minimum atomic E-state index is -3.31. The van der Waals surface area contributed by atoms with E-state index in [1.807, 2.05) is 32.1 Å². The molecule has 0 bridgehead atoms. The molecule has 1 unspecified atom stereocenters. The highest BCUT2D eigenvalue weighted by molar-refractivity contribution is 7.91. The molecule has 0 N–H and O–H groups in total. The Morgan fingerprint density at radius 2 is 1.92 bits per heavy atom. The third-order valence-electron chi connectivity index (χ3n) is 4.71. The molecule has 0 saturated carbocycles. The Balaban J connectivity index is 1.66. The van der Waals surface area contributed by atoms with Gasteiger partial charge in [0.15, 0.2) is 21.9 Å². The van der Waals surface area contributed by atoms with Gasteiger partial charge >= 0.3 is 0 Å². The number of rotatable bonds is 6. The fraction of sp³-hybridized carbons (Fsp3) is 0.556. The van der Waals surface area contributed by atoms with Crippen LogP contribution in [0.5, 0.6) is 0 Å². The highest BCUT2D eigenvalue weighted by Gasteiger charge is 2.44. The van der Waals surface area contributed by atoms with Crippen LogP contribution >= 0.6 is 0 Å². The number of benzene rings is 1. The van der Waals surface area contributed by atoms with Gasteiger partial charge in [-0.15, -0.1) is 0 Å². The monoisotopic (exact) mass is 352 g/mol. The maximum Gasteiger partial charge on any atom is 0.178 e. The summed E-state index contributed by atoms with van der Waals surface area (Å²) in [6.45, 7) is 3.66. The molecule has 0 radical (unpaired) electrons. The van der Waals surface area contributed by atoms with Crippen molar-refractivity contribution in [2.45, 2.75) is 43.3 Å². The third kappa shape index (κ3) is 3.72. The number of hydrogen-bond acceptors (Lipinski definition) is 5. The maximum atomic E-state index is 12.6. The summed E-state index contributed by atoms with van der Waals surface area (Å²) in [5.74, 6) is -0.558. The fourth-order valence-electron chi connectivity index (χ4n) is 3.29. The Labute approximate surface area is 143 Å². The van der Waals surface area contributed by atoms with Crippen LogP contribution in [0.4, 0.5) is 0 Å². The molecule has 6 heteroatoms. The molecule has 1 aliphatic carbocycles. The molecule has 0 spiro atoms. The van der Waals surface area contributed by atoms with E-state index in [1.54, 1.807) is 31.4 Å². The van der Waals surface area contributed by atoms with Gasteiger partial charge in [0.25, 0.3) is 0 Å². The van der Waals surface area contributed by atoms with Crippen LogP contribution in [-0.2, 0) is 24.0 Å². The minimum Gasteiger partial charge on any atom is -0.354 e. The Bertz CT molecular complexity index is 695. The van der Waals surface area contributed by atoms with Crippen molar-refractivity contribution in [3.63, 3.8) is 0 Å². The van der Waals surface area contributed by atoms with Gasteiger partial charge in [0.2, 0.25) is 0 Å². The van der Waals surface area contributed by atoms with E-state index in [4.69, 9.17) is 14.2 Å². The largest absolute Gasteiger partial charge is 0.354 e. The molecule has 1 heterocycles. The van der Waals surface area contributed by atoms with Crippen LogP contribution in [0.3, 0.4) is 0 Å². The first kappa shape index (κ1) is 17.6. The van der Waals surface area contributed by atoms with Gasteiger partial charge in [-0.2, -0.15) is 0 Å². The molecule has 1 aliphatic heterocycles. The molecule has 24 heavy (non-hydrogen) atoms. The number of hydrogen-bond donors (Lipinski definition) is 0. The lowest BCUT2D eigenvalue weighted by molar-refractivity contribution is -0.277. The number of methoxy groups -OCH3 is 1. The Hall–Kier alpha value is -1.21. The zero-order chi connectivity index (χ0) is 17.4. The summed E-state index contributed by atoms with van der Waals surface area (Å²) >= 11 is 0. The lowest BCUT2D eigenvalue weighted by atomic mass is 9.94. The summed E-state index contributed by atoms with van der Waals surface area (Å²) in [5.41, 5.74) is 0. The summed E-state index contributed by atoms with van der Waals surface area (Å²) < 4.78 is 42.2. The van der Waals surface area contributed by atoms with Gasteiger partial charge in [0.05, 0.1) is 16.8 Å². The average Bonchev–Trinajstić information content (AvgIpc) is 3.09. The van der Waals surface area contributed by atoms with Gasteiger partial charge in [-0.1, -0.05) is 30.4 Å². The molecule has 0 aromatic heterocycles. The maximum absolute atomic E-state index is 12.6. The number of ether oxygens (including phenoxy) is 3. The predicted octanol–water partition coefficient (Wildman–Crippen LogP) is 2.78. The molecule has 2 aliphatic rings. The van der Waals surface area contributed by atoms with Crippen molar-refractivity contribution < 1.29 is 22.6 Å². The molecule has 132 valence electrons. The quantitative estimate of drug-likeness (QED) is 0.582. The Morgan fingerprint density at radius 3 is 2.58 bits per heavy atom. The first-order chi connectivity index (χ1) is 11.3. The summed E-state index contributed by atoms with van der Waals surface area (Å²) in [7, 11) is -1.72. The predicted molar refractivity (Wildman–Crippen MR) is 90.1 cm³/mol. The topological polar surface area (TPSA) is 61.8 Å². The van der Waals surface area contributed by atoms with Gasteiger partial charge in [0, 0.05) is 19.4 Å². The van der Waals surface area contributed by atoms with E-state index in [0.717, 1.165) is 0 Å². The van der Waals surface area contributed by atoms with E-state index in [0.29, 0.717) is 11.3 Å². The average molecular weight is 352 g/mol. The summed E-state index contributed by atoms with van der Waals surface area (Å²) in [5, 5.41) is 0. The van der Waals surface area contributed by atoms with Gasteiger partial charge in [0.1, 0.15) is 0 Å². The molecule has 5 nitrogen and oxygen atoms in total. The Morgan fingerprint density at radius 1 is 1.21 bits per heavy atom. The zero-order valence-corrected chi connectivity index (χ0v) is 15.0. The SMILES string of the molecule is COC(C)(C)OC1C[C@H]2[C@H](C=C[C@H]2CS(=O)(=O)c2ccccc2)O1. The van der Waals surface area contributed by atoms with Crippen LogP contribution in [-0.4, -0.2) is 39.5 Å².